The third-order valence-corrected chi connectivity index (χ3v) is 4.97. The lowest BCUT2D eigenvalue weighted by atomic mass is 9.77. The fraction of sp³-hybridized carbons (Fsp3) is 0.500. The smallest absolute Gasteiger partial charge is 0.314 e. The van der Waals surface area contributed by atoms with E-state index < -0.39 is 11.4 Å². The molecule has 2 rings (SSSR count). The molecule has 0 saturated heterocycles. The Bertz CT molecular complexity index is 519. The van der Waals surface area contributed by atoms with E-state index in [0.717, 1.165) is 18.4 Å². The number of phenols is 1. The van der Waals surface area contributed by atoms with Gasteiger partial charge < -0.3 is 14.9 Å². The maximum absolute atomic E-state index is 11.8. The first kappa shape index (κ1) is 14.2. The number of carboxylic acid groups (broad SMARTS) is 1. The van der Waals surface area contributed by atoms with Gasteiger partial charge in [0.1, 0.15) is 0 Å². The molecule has 0 aromatic heterocycles. The highest BCUT2D eigenvalue weighted by Gasteiger charge is 2.46. The van der Waals surface area contributed by atoms with Crippen LogP contribution in [-0.2, 0) is 10.2 Å². The summed E-state index contributed by atoms with van der Waals surface area (Å²) in [5, 5.41) is 20.0. The minimum Gasteiger partial charge on any atom is -0.504 e. The maximum Gasteiger partial charge on any atom is 0.314 e. The van der Waals surface area contributed by atoms with E-state index in [1.807, 2.05) is 6.92 Å². The summed E-state index contributed by atoms with van der Waals surface area (Å²) < 4.78 is 5.80. The van der Waals surface area contributed by atoms with Gasteiger partial charge in [-0.15, -0.1) is 0 Å². The summed E-state index contributed by atoms with van der Waals surface area (Å²) in [4.78, 5) is 11.8. The monoisotopic (exact) mass is 328 g/mol. The first-order valence-corrected chi connectivity index (χ1v) is 7.03. The minimum absolute atomic E-state index is 0.0655. The van der Waals surface area contributed by atoms with Crippen molar-refractivity contribution in [1.82, 2.24) is 0 Å². The highest BCUT2D eigenvalue weighted by atomic mass is 79.9. The van der Waals surface area contributed by atoms with Gasteiger partial charge in [-0.05, 0) is 31.4 Å². The highest BCUT2D eigenvalue weighted by molar-refractivity contribution is 9.10. The molecule has 0 aliphatic heterocycles. The first-order chi connectivity index (χ1) is 8.94. The van der Waals surface area contributed by atoms with Crippen LogP contribution in [0.2, 0.25) is 0 Å². The lowest BCUT2D eigenvalue weighted by Crippen LogP contribution is -2.33. The second-order valence-corrected chi connectivity index (χ2v) is 5.82. The highest BCUT2D eigenvalue weighted by Crippen LogP contribution is 2.51. The van der Waals surface area contributed by atoms with Crippen LogP contribution in [0.5, 0.6) is 11.5 Å². The zero-order valence-electron chi connectivity index (χ0n) is 11.0. The van der Waals surface area contributed by atoms with Crippen LogP contribution in [0.25, 0.3) is 0 Å². The fourth-order valence-corrected chi connectivity index (χ4v) is 3.58. The van der Waals surface area contributed by atoms with Crippen molar-refractivity contribution in [2.45, 2.75) is 38.0 Å². The van der Waals surface area contributed by atoms with Crippen molar-refractivity contribution in [3.05, 3.63) is 21.7 Å². The Morgan fingerprint density at radius 1 is 1.42 bits per heavy atom. The van der Waals surface area contributed by atoms with Crippen LogP contribution in [0.1, 0.15) is 36.8 Å². The molecule has 1 aromatic rings. The average molecular weight is 329 g/mol. The molecule has 0 spiro atoms. The van der Waals surface area contributed by atoms with Gasteiger partial charge in [-0.2, -0.15) is 0 Å². The maximum atomic E-state index is 11.8. The van der Waals surface area contributed by atoms with Gasteiger partial charge in [0.2, 0.25) is 0 Å². The molecule has 1 aromatic carbocycles. The summed E-state index contributed by atoms with van der Waals surface area (Å²) in [6.07, 6.45) is 2.80. The number of rotatable bonds is 3. The Morgan fingerprint density at radius 3 is 2.47 bits per heavy atom. The number of aromatic hydroxyl groups is 1. The molecule has 5 heteroatoms. The molecule has 1 saturated carbocycles. The summed E-state index contributed by atoms with van der Waals surface area (Å²) in [6.45, 7) is 1.86. The third kappa shape index (κ3) is 2.10. The van der Waals surface area contributed by atoms with E-state index in [1.165, 1.54) is 7.11 Å². The standard InChI is InChI=1S/C14H17BrO4/c1-8-7-9(19-2)12(16)10(11(8)15)14(13(17)18)5-3-4-6-14/h7,16H,3-6H2,1-2H3,(H,17,18). The van der Waals surface area contributed by atoms with Crippen LogP contribution >= 0.6 is 15.9 Å². The second kappa shape index (κ2) is 5.04. The predicted molar refractivity (Wildman–Crippen MR) is 74.9 cm³/mol. The van der Waals surface area contributed by atoms with Crippen LogP contribution in [-0.4, -0.2) is 23.3 Å². The second-order valence-electron chi connectivity index (χ2n) is 5.03. The SMILES string of the molecule is COc1cc(C)c(Br)c(C2(C(=O)O)CCCC2)c1O. The number of aliphatic carboxylic acids is 1. The average Bonchev–Trinajstić information content (AvgIpc) is 2.84. The van der Waals surface area contributed by atoms with Gasteiger partial charge in [-0.1, -0.05) is 28.8 Å². The van der Waals surface area contributed by atoms with Crippen LogP contribution in [0.4, 0.5) is 0 Å². The molecule has 0 bridgehead atoms. The molecule has 1 fully saturated rings. The Hall–Kier alpha value is -1.23. The lowest BCUT2D eigenvalue weighted by Gasteiger charge is -2.28. The number of methoxy groups -OCH3 is 1. The number of hydrogen-bond donors (Lipinski definition) is 2. The van der Waals surface area contributed by atoms with Crippen molar-refractivity contribution in [3.8, 4) is 11.5 Å². The molecule has 0 amide bonds. The zero-order chi connectivity index (χ0) is 14.2. The van der Waals surface area contributed by atoms with E-state index >= 15 is 0 Å². The minimum atomic E-state index is -1.01. The van der Waals surface area contributed by atoms with Crippen molar-refractivity contribution in [2.24, 2.45) is 0 Å². The van der Waals surface area contributed by atoms with Gasteiger partial charge in [-0.25, -0.2) is 0 Å². The zero-order valence-corrected chi connectivity index (χ0v) is 12.6. The number of carbonyl (C=O) groups is 1. The molecule has 0 radical (unpaired) electrons. The molecule has 0 unspecified atom stereocenters. The number of ether oxygens (including phenoxy) is 1. The van der Waals surface area contributed by atoms with Crippen molar-refractivity contribution >= 4 is 21.9 Å². The molecule has 1 aliphatic rings. The number of halogens is 1. The van der Waals surface area contributed by atoms with Gasteiger partial charge >= 0.3 is 5.97 Å². The predicted octanol–water partition coefficient (Wildman–Crippen LogP) is 3.37. The molecule has 1 aliphatic carbocycles. The normalized spacial score (nSPS) is 17.4. The topological polar surface area (TPSA) is 66.8 Å². The number of aryl methyl sites for hydroxylation is 1. The quantitative estimate of drug-likeness (QED) is 0.892. The Labute approximate surface area is 120 Å². The van der Waals surface area contributed by atoms with Crippen molar-refractivity contribution < 1.29 is 19.7 Å². The molecule has 4 nitrogen and oxygen atoms in total. The Balaban J connectivity index is 2.73. The third-order valence-electron chi connectivity index (χ3n) is 3.95. The van der Waals surface area contributed by atoms with E-state index in [9.17, 15) is 15.0 Å². The molecule has 0 atom stereocenters. The Kier molecular flexibility index (Phi) is 3.76. The molecule has 2 N–H and O–H groups in total. The van der Waals surface area contributed by atoms with E-state index in [0.29, 0.717) is 28.6 Å². The van der Waals surface area contributed by atoms with Crippen molar-refractivity contribution in [1.29, 1.82) is 0 Å². The summed E-state index contributed by atoms with van der Waals surface area (Å²) in [5.41, 5.74) is 0.300. The van der Waals surface area contributed by atoms with E-state index in [1.54, 1.807) is 6.07 Å². The largest absolute Gasteiger partial charge is 0.504 e. The number of hydrogen-bond acceptors (Lipinski definition) is 3. The van der Waals surface area contributed by atoms with Crippen molar-refractivity contribution in [3.63, 3.8) is 0 Å². The van der Waals surface area contributed by atoms with Gasteiger partial charge in [0.25, 0.3) is 0 Å². The molecular weight excluding hydrogens is 312 g/mol. The van der Waals surface area contributed by atoms with Crippen LogP contribution in [0.15, 0.2) is 10.5 Å². The molecule has 19 heavy (non-hydrogen) atoms. The van der Waals surface area contributed by atoms with E-state index in [2.05, 4.69) is 15.9 Å². The van der Waals surface area contributed by atoms with E-state index in [-0.39, 0.29) is 5.75 Å². The van der Waals surface area contributed by atoms with Crippen LogP contribution in [0, 0.1) is 6.92 Å². The Morgan fingerprint density at radius 2 is 2.00 bits per heavy atom. The van der Waals surface area contributed by atoms with Crippen molar-refractivity contribution in [2.75, 3.05) is 7.11 Å². The first-order valence-electron chi connectivity index (χ1n) is 6.24. The fourth-order valence-electron chi connectivity index (χ4n) is 2.89. The van der Waals surface area contributed by atoms with E-state index in [4.69, 9.17) is 4.74 Å². The number of benzene rings is 1. The lowest BCUT2D eigenvalue weighted by molar-refractivity contribution is -0.143. The summed E-state index contributed by atoms with van der Waals surface area (Å²) in [5.74, 6) is -0.624. The van der Waals surface area contributed by atoms with Gasteiger partial charge in [0.05, 0.1) is 12.5 Å². The molecule has 0 heterocycles. The number of phenolic OH excluding ortho intramolecular Hbond substituents is 1. The summed E-state index contributed by atoms with van der Waals surface area (Å²) >= 11 is 3.43. The summed E-state index contributed by atoms with van der Waals surface area (Å²) in [7, 11) is 1.47. The van der Waals surface area contributed by atoms with Gasteiger partial charge in [-0.3, -0.25) is 4.79 Å². The molecule has 104 valence electrons. The molecular formula is C14H17BrO4. The van der Waals surface area contributed by atoms with Crippen LogP contribution in [0.3, 0.4) is 0 Å². The van der Waals surface area contributed by atoms with Crippen LogP contribution < -0.4 is 4.74 Å². The van der Waals surface area contributed by atoms with Gasteiger partial charge in [0.15, 0.2) is 11.5 Å². The summed E-state index contributed by atoms with van der Waals surface area (Å²) in [6, 6.07) is 1.70. The number of carboxylic acids is 1. The van der Waals surface area contributed by atoms with Gasteiger partial charge in [0, 0.05) is 10.0 Å².